The quantitative estimate of drug-likeness (QED) is 0.239. The van der Waals surface area contributed by atoms with Gasteiger partial charge in [-0.1, -0.05) is 55.4 Å². The summed E-state index contributed by atoms with van der Waals surface area (Å²) in [6.45, 7) is 8.90. The number of nitrogens with two attached hydrogens (primary N) is 1. The Hall–Kier alpha value is -2.85. The predicted octanol–water partition coefficient (Wildman–Crippen LogP) is 3.46. The second-order valence-electron chi connectivity index (χ2n) is 8.60. The van der Waals surface area contributed by atoms with Crippen LogP contribution in [-0.4, -0.2) is 61.1 Å². The van der Waals surface area contributed by atoms with Gasteiger partial charge in [0.05, 0.1) is 24.4 Å². The number of nitrogens with zero attached hydrogens (tertiary/aromatic N) is 3. The van der Waals surface area contributed by atoms with Crippen LogP contribution in [0.5, 0.6) is 0 Å². The summed E-state index contributed by atoms with van der Waals surface area (Å²) in [5, 5.41) is 8.72. The first-order valence-electron chi connectivity index (χ1n) is 11.9. The van der Waals surface area contributed by atoms with Crippen molar-refractivity contribution in [3.63, 3.8) is 0 Å². The van der Waals surface area contributed by atoms with Crippen LogP contribution >= 0.6 is 0 Å². The number of nitrogens with one attached hydrogen (secondary N) is 1. The lowest BCUT2D eigenvalue weighted by molar-refractivity contribution is -0.126. The minimum absolute atomic E-state index is 0.0529. The van der Waals surface area contributed by atoms with Gasteiger partial charge in [-0.2, -0.15) is 0 Å². The molecule has 0 bridgehead atoms. The molecule has 2 aromatic rings. The maximum Gasteiger partial charge on any atom is 0.228 e. The molecule has 0 saturated heterocycles. The number of likely N-dealkylation sites (N-methyl/N-ethyl adjacent to an activating group) is 1. The Balaban J connectivity index is 2.03. The molecule has 1 aromatic carbocycles. The first-order chi connectivity index (χ1) is 16.8. The van der Waals surface area contributed by atoms with Crippen molar-refractivity contribution in [2.75, 3.05) is 32.6 Å². The van der Waals surface area contributed by atoms with Crippen LogP contribution in [-0.2, 0) is 25.7 Å². The number of amides is 1. The molecule has 2 rings (SSSR count). The number of methoxy groups -OCH3 is 1. The van der Waals surface area contributed by atoms with Crippen molar-refractivity contribution in [2.45, 2.75) is 46.5 Å². The Kier molecular flexibility index (Phi) is 11.8. The number of hydrazine groups is 1. The lowest BCUT2D eigenvalue weighted by Gasteiger charge is -2.31. The third-order valence-corrected chi connectivity index (χ3v) is 5.87. The highest BCUT2D eigenvalue weighted by molar-refractivity contribution is 6.01. The topological polar surface area (TPSA) is 111 Å². The predicted molar refractivity (Wildman–Crippen MR) is 138 cm³/mol. The smallest absolute Gasteiger partial charge is 0.228 e. The molecule has 192 valence electrons. The molecule has 4 unspecified atom stereocenters. The number of carbonyl (C=O) groups is 1. The fraction of sp³-hybridized carbons (Fsp3) is 0.500. The molecule has 0 saturated carbocycles. The van der Waals surface area contributed by atoms with E-state index in [0.29, 0.717) is 30.4 Å². The van der Waals surface area contributed by atoms with E-state index in [1.54, 1.807) is 20.2 Å². The Morgan fingerprint density at radius 1 is 1.14 bits per heavy atom. The molecule has 0 radical (unpaired) electrons. The van der Waals surface area contributed by atoms with E-state index in [2.05, 4.69) is 15.5 Å². The molecule has 0 aliphatic rings. The van der Waals surface area contributed by atoms with E-state index in [-0.39, 0.29) is 36.6 Å². The third-order valence-electron chi connectivity index (χ3n) is 5.87. The fourth-order valence-electron chi connectivity index (χ4n) is 3.65. The van der Waals surface area contributed by atoms with Gasteiger partial charge >= 0.3 is 0 Å². The van der Waals surface area contributed by atoms with Crippen LogP contribution in [0.2, 0.25) is 0 Å². The molecule has 0 aliphatic heterocycles. The highest BCUT2D eigenvalue weighted by atomic mass is 16.6. The Labute approximate surface area is 208 Å². The third kappa shape index (κ3) is 9.03. The van der Waals surface area contributed by atoms with Crippen LogP contribution in [0.25, 0.3) is 0 Å². The molecule has 9 nitrogen and oxygen atoms in total. The summed E-state index contributed by atoms with van der Waals surface area (Å²) >= 11 is 0. The number of benzene rings is 1. The molecule has 3 N–H and O–H groups in total. The van der Waals surface area contributed by atoms with Gasteiger partial charge in [-0.15, -0.1) is 0 Å². The van der Waals surface area contributed by atoms with Crippen molar-refractivity contribution in [2.24, 2.45) is 22.8 Å². The van der Waals surface area contributed by atoms with Crippen molar-refractivity contribution in [3.05, 3.63) is 59.8 Å². The molecule has 1 amide bonds. The number of aromatic nitrogens is 1. The molecule has 0 fully saturated rings. The second kappa shape index (κ2) is 14.5. The van der Waals surface area contributed by atoms with Gasteiger partial charge < -0.3 is 19.6 Å². The molecule has 4 atom stereocenters. The average Bonchev–Trinajstić information content (AvgIpc) is 2.85. The highest BCUT2D eigenvalue weighted by Gasteiger charge is 2.32. The fourth-order valence-corrected chi connectivity index (χ4v) is 3.65. The number of hydrogen-bond acceptors (Lipinski definition) is 8. The zero-order valence-electron chi connectivity index (χ0n) is 21.6. The number of rotatable bonds is 14. The second-order valence-corrected chi connectivity index (χ2v) is 8.60. The molecule has 1 heterocycles. The van der Waals surface area contributed by atoms with Crippen molar-refractivity contribution in [1.29, 1.82) is 0 Å². The van der Waals surface area contributed by atoms with Gasteiger partial charge in [-0.05, 0) is 31.9 Å². The van der Waals surface area contributed by atoms with Gasteiger partial charge in [0.25, 0.3) is 0 Å². The van der Waals surface area contributed by atoms with Crippen molar-refractivity contribution < 1.29 is 19.1 Å². The zero-order chi connectivity index (χ0) is 25.8. The number of anilines is 1. The molecule has 1 aromatic heterocycles. The van der Waals surface area contributed by atoms with Gasteiger partial charge in [0, 0.05) is 32.2 Å². The highest BCUT2D eigenvalue weighted by Crippen LogP contribution is 2.23. The summed E-state index contributed by atoms with van der Waals surface area (Å²) < 4.78 is 11.3. The maximum absolute atomic E-state index is 12.9. The van der Waals surface area contributed by atoms with E-state index in [0.717, 1.165) is 5.56 Å². The summed E-state index contributed by atoms with van der Waals surface area (Å²) in [6.07, 6.45) is -0.318. The largest absolute Gasteiger partial charge is 0.389 e. The number of hydrogen-bond donors (Lipinski definition) is 2. The summed E-state index contributed by atoms with van der Waals surface area (Å²) in [5.74, 6) is 5.78. The van der Waals surface area contributed by atoms with E-state index in [1.807, 2.05) is 70.2 Å². The Bertz CT molecular complexity index is 938. The molecule has 0 spiro atoms. The van der Waals surface area contributed by atoms with E-state index in [4.69, 9.17) is 20.2 Å². The maximum atomic E-state index is 12.9. The van der Waals surface area contributed by atoms with Crippen LogP contribution in [0.4, 0.5) is 5.82 Å². The SMILES string of the molecule is CCOC(C(C)OC)C(C)C(C)C(=O)Nc1cccc(CO/N=C(\CN(C)N)c2ccccc2)n1. The summed E-state index contributed by atoms with van der Waals surface area (Å²) in [5.41, 5.74) is 2.27. The Morgan fingerprint density at radius 2 is 1.86 bits per heavy atom. The van der Waals surface area contributed by atoms with E-state index < -0.39 is 0 Å². The number of ether oxygens (including phenoxy) is 2. The number of carbonyl (C=O) groups excluding carboxylic acids is 1. The zero-order valence-corrected chi connectivity index (χ0v) is 21.6. The minimum Gasteiger partial charge on any atom is -0.389 e. The normalized spacial score (nSPS) is 15.4. The molecular weight excluding hydrogens is 446 g/mol. The lowest BCUT2D eigenvalue weighted by atomic mass is 9.87. The molecule has 9 heteroatoms. The minimum atomic E-state index is -0.308. The van der Waals surface area contributed by atoms with E-state index >= 15 is 0 Å². The Morgan fingerprint density at radius 3 is 2.49 bits per heavy atom. The van der Waals surface area contributed by atoms with Crippen LogP contribution in [0.15, 0.2) is 53.7 Å². The standard InChI is InChI=1S/C26H39N5O4/c1-7-34-25(20(4)33-6)18(2)19(3)26(32)29-24-15-11-14-22(28-24)17-35-30-23(16-31(5)27)21-12-9-8-10-13-21/h8-15,18-20,25H,7,16-17,27H2,1-6H3,(H,28,29,32)/b30-23+. The van der Waals surface area contributed by atoms with E-state index in [9.17, 15) is 4.79 Å². The first-order valence-corrected chi connectivity index (χ1v) is 11.9. The summed E-state index contributed by atoms with van der Waals surface area (Å²) in [4.78, 5) is 23.0. The van der Waals surface area contributed by atoms with Crippen LogP contribution < -0.4 is 11.2 Å². The molecule has 35 heavy (non-hydrogen) atoms. The average molecular weight is 486 g/mol. The molecular formula is C26H39N5O4. The van der Waals surface area contributed by atoms with Crippen molar-refractivity contribution in [3.8, 4) is 0 Å². The van der Waals surface area contributed by atoms with Crippen LogP contribution in [0.3, 0.4) is 0 Å². The summed E-state index contributed by atoms with van der Waals surface area (Å²) in [6, 6.07) is 15.1. The first kappa shape index (κ1) is 28.4. The number of pyridine rings is 1. The van der Waals surface area contributed by atoms with Gasteiger partial charge in [-0.3, -0.25) is 10.6 Å². The number of oxime groups is 1. The van der Waals surface area contributed by atoms with E-state index in [1.165, 1.54) is 5.01 Å². The monoisotopic (exact) mass is 485 g/mol. The van der Waals surface area contributed by atoms with Gasteiger partial charge in [0.15, 0.2) is 6.61 Å². The van der Waals surface area contributed by atoms with Gasteiger partial charge in [0.1, 0.15) is 11.5 Å². The van der Waals surface area contributed by atoms with Gasteiger partial charge in [-0.25, -0.2) is 9.99 Å². The molecule has 0 aliphatic carbocycles. The lowest BCUT2D eigenvalue weighted by Crippen LogP contribution is -2.40. The van der Waals surface area contributed by atoms with Crippen molar-refractivity contribution >= 4 is 17.4 Å². The summed E-state index contributed by atoms with van der Waals surface area (Å²) in [7, 11) is 3.41. The van der Waals surface area contributed by atoms with Crippen molar-refractivity contribution in [1.82, 2.24) is 9.99 Å². The van der Waals surface area contributed by atoms with Crippen LogP contribution in [0, 0.1) is 11.8 Å². The van der Waals surface area contributed by atoms with Gasteiger partial charge in [0.2, 0.25) is 5.91 Å². The van der Waals surface area contributed by atoms with Crippen LogP contribution in [0.1, 0.15) is 39.0 Å².